The molecule has 0 aromatic heterocycles. The first kappa shape index (κ1) is 17.8. The number of nitrogens with one attached hydrogen (secondary N) is 1. The molecule has 1 aromatic carbocycles. The van der Waals surface area contributed by atoms with E-state index in [0.717, 1.165) is 0 Å². The molecule has 1 N–H and O–H groups in total. The number of carbonyl (C=O) groups is 2. The zero-order valence-corrected chi connectivity index (χ0v) is 14.3. The molecule has 128 valence electrons. The summed E-state index contributed by atoms with van der Waals surface area (Å²) in [5, 5.41) is 2.43. The van der Waals surface area contributed by atoms with Gasteiger partial charge in [0.1, 0.15) is 11.4 Å². The van der Waals surface area contributed by atoms with Gasteiger partial charge in [-0.1, -0.05) is 12.0 Å². The first-order chi connectivity index (χ1) is 11.2. The van der Waals surface area contributed by atoms with E-state index in [9.17, 15) is 14.0 Å². The molecule has 1 aliphatic rings. The van der Waals surface area contributed by atoms with E-state index in [0.29, 0.717) is 24.1 Å². The Labute approximate surface area is 141 Å². The molecule has 24 heavy (non-hydrogen) atoms. The summed E-state index contributed by atoms with van der Waals surface area (Å²) < 4.78 is 19.9. The predicted molar refractivity (Wildman–Crippen MR) is 88.8 cm³/mol. The SMILES string of the molecule is CC#CC(=O)Nc1ccc2c(c1F)CCN(C(=O)OC(C)(C)C)C2. The smallest absolute Gasteiger partial charge is 0.410 e. The number of benzene rings is 1. The van der Waals surface area contributed by atoms with Crippen molar-refractivity contribution in [3.63, 3.8) is 0 Å². The molecule has 0 radical (unpaired) electrons. The lowest BCUT2D eigenvalue weighted by atomic mass is 9.98. The summed E-state index contributed by atoms with van der Waals surface area (Å²) in [5.41, 5.74) is 0.755. The van der Waals surface area contributed by atoms with Crippen molar-refractivity contribution in [1.29, 1.82) is 0 Å². The van der Waals surface area contributed by atoms with Gasteiger partial charge in [-0.3, -0.25) is 4.79 Å². The summed E-state index contributed by atoms with van der Waals surface area (Å²) in [6, 6.07) is 3.20. The van der Waals surface area contributed by atoms with Crippen LogP contribution in [0, 0.1) is 17.7 Å². The van der Waals surface area contributed by atoms with Crippen molar-refractivity contribution < 1.29 is 18.7 Å². The topological polar surface area (TPSA) is 58.6 Å². The van der Waals surface area contributed by atoms with Crippen molar-refractivity contribution in [3.05, 3.63) is 29.1 Å². The Kier molecular flexibility index (Phi) is 5.13. The number of nitrogens with zero attached hydrogens (tertiary/aromatic N) is 1. The van der Waals surface area contributed by atoms with E-state index in [1.54, 1.807) is 31.7 Å². The van der Waals surface area contributed by atoms with Crippen molar-refractivity contribution >= 4 is 17.7 Å². The van der Waals surface area contributed by atoms with Crippen LogP contribution in [0.1, 0.15) is 38.8 Å². The summed E-state index contributed by atoms with van der Waals surface area (Å²) in [7, 11) is 0. The number of amides is 2. The van der Waals surface area contributed by atoms with Gasteiger partial charge in [0.2, 0.25) is 0 Å². The number of carbonyl (C=O) groups excluding carboxylic acids is 2. The Balaban J connectivity index is 2.16. The second kappa shape index (κ2) is 6.91. The normalized spacial score (nSPS) is 13.5. The zero-order valence-electron chi connectivity index (χ0n) is 14.3. The molecule has 6 heteroatoms. The molecule has 1 heterocycles. The third kappa shape index (κ3) is 4.25. The van der Waals surface area contributed by atoms with Crippen molar-refractivity contribution in [3.8, 4) is 11.8 Å². The minimum atomic E-state index is -0.572. The molecule has 1 aliphatic heterocycles. The van der Waals surface area contributed by atoms with Gasteiger partial charge in [0.15, 0.2) is 0 Å². The molecular formula is C18H21FN2O3. The largest absolute Gasteiger partial charge is 0.444 e. The molecule has 2 amide bonds. The van der Waals surface area contributed by atoms with Crippen LogP contribution in [-0.2, 0) is 22.5 Å². The molecule has 1 aromatic rings. The summed E-state index contributed by atoms with van der Waals surface area (Å²) in [6.45, 7) is 7.59. The van der Waals surface area contributed by atoms with E-state index in [1.165, 1.54) is 13.0 Å². The molecule has 0 atom stereocenters. The highest BCUT2D eigenvalue weighted by molar-refractivity contribution is 6.04. The minimum absolute atomic E-state index is 0.104. The lowest BCUT2D eigenvalue weighted by Crippen LogP contribution is -2.40. The molecule has 0 saturated carbocycles. The van der Waals surface area contributed by atoms with Crippen LogP contribution in [0.2, 0.25) is 0 Å². The fourth-order valence-corrected chi connectivity index (χ4v) is 2.46. The average Bonchev–Trinajstić information content (AvgIpc) is 2.48. The van der Waals surface area contributed by atoms with Crippen molar-refractivity contribution in [2.24, 2.45) is 0 Å². The molecule has 2 rings (SSSR count). The van der Waals surface area contributed by atoms with Crippen LogP contribution < -0.4 is 5.32 Å². The number of rotatable bonds is 1. The molecular weight excluding hydrogens is 311 g/mol. The third-order valence-corrected chi connectivity index (χ3v) is 3.47. The van der Waals surface area contributed by atoms with Crippen LogP contribution in [0.3, 0.4) is 0 Å². The molecule has 0 unspecified atom stereocenters. The van der Waals surface area contributed by atoms with Gasteiger partial charge in [-0.15, -0.1) is 0 Å². The first-order valence-corrected chi connectivity index (χ1v) is 7.73. The Morgan fingerprint density at radius 3 is 2.67 bits per heavy atom. The molecule has 0 spiro atoms. The van der Waals surface area contributed by atoms with Crippen LogP contribution in [0.15, 0.2) is 12.1 Å². The third-order valence-electron chi connectivity index (χ3n) is 3.47. The van der Waals surface area contributed by atoms with Gasteiger partial charge in [0.05, 0.1) is 5.69 Å². The number of halogens is 1. The van der Waals surface area contributed by atoms with Crippen LogP contribution in [0.25, 0.3) is 0 Å². The minimum Gasteiger partial charge on any atom is -0.444 e. The van der Waals surface area contributed by atoms with Gasteiger partial charge in [0, 0.05) is 13.1 Å². The Bertz CT molecular complexity index is 726. The summed E-state index contributed by atoms with van der Waals surface area (Å²) >= 11 is 0. The highest BCUT2D eigenvalue weighted by Gasteiger charge is 2.27. The Hall–Kier alpha value is -2.55. The van der Waals surface area contributed by atoms with Gasteiger partial charge in [-0.25, -0.2) is 9.18 Å². The molecule has 0 aliphatic carbocycles. The van der Waals surface area contributed by atoms with Crippen LogP contribution in [0.5, 0.6) is 0 Å². The van der Waals surface area contributed by atoms with E-state index >= 15 is 0 Å². The maximum absolute atomic E-state index is 14.6. The summed E-state index contributed by atoms with van der Waals surface area (Å²) in [5.74, 6) is 3.75. The van der Waals surface area contributed by atoms with Crippen LogP contribution >= 0.6 is 0 Å². The Morgan fingerprint density at radius 2 is 2.04 bits per heavy atom. The quantitative estimate of drug-likeness (QED) is 0.804. The number of ether oxygens (including phenoxy) is 1. The summed E-state index contributed by atoms with van der Waals surface area (Å²) in [4.78, 5) is 25.2. The number of hydrogen-bond acceptors (Lipinski definition) is 3. The zero-order chi connectivity index (χ0) is 17.9. The molecule has 0 saturated heterocycles. The number of fused-ring (bicyclic) bond motifs is 1. The van der Waals surface area contributed by atoms with E-state index < -0.39 is 23.4 Å². The Morgan fingerprint density at radius 1 is 1.33 bits per heavy atom. The van der Waals surface area contributed by atoms with E-state index in [-0.39, 0.29) is 12.2 Å². The summed E-state index contributed by atoms with van der Waals surface area (Å²) in [6.07, 6.45) is -0.0482. The van der Waals surface area contributed by atoms with Gasteiger partial charge in [-0.05, 0) is 57.2 Å². The van der Waals surface area contributed by atoms with Crippen molar-refractivity contribution in [2.45, 2.75) is 46.3 Å². The lowest BCUT2D eigenvalue weighted by Gasteiger charge is -2.31. The molecule has 0 bridgehead atoms. The van der Waals surface area contributed by atoms with Gasteiger partial charge in [0.25, 0.3) is 5.91 Å². The highest BCUT2D eigenvalue weighted by Crippen LogP contribution is 2.27. The standard InChI is InChI=1S/C18H21FN2O3/c1-5-6-15(22)20-14-8-7-12-11-21(10-9-13(12)16(14)19)17(23)24-18(2,3)4/h7-8H,9-11H2,1-4H3,(H,20,22). The maximum Gasteiger partial charge on any atom is 0.410 e. The van der Waals surface area contributed by atoms with Gasteiger partial charge < -0.3 is 15.0 Å². The maximum atomic E-state index is 14.6. The highest BCUT2D eigenvalue weighted by atomic mass is 19.1. The van der Waals surface area contributed by atoms with E-state index in [1.807, 2.05) is 0 Å². The number of anilines is 1. The second-order valence-corrected chi connectivity index (χ2v) is 6.55. The average molecular weight is 332 g/mol. The van der Waals surface area contributed by atoms with Crippen LogP contribution in [0.4, 0.5) is 14.9 Å². The second-order valence-electron chi connectivity index (χ2n) is 6.55. The van der Waals surface area contributed by atoms with Crippen molar-refractivity contribution in [2.75, 3.05) is 11.9 Å². The van der Waals surface area contributed by atoms with Crippen molar-refractivity contribution in [1.82, 2.24) is 4.90 Å². The fourth-order valence-electron chi connectivity index (χ4n) is 2.46. The van der Waals surface area contributed by atoms with Gasteiger partial charge >= 0.3 is 6.09 Å². The molecule has 0 fully saturated rings. The molecule has 5 nitrogen and oxygen atoms in total. The van der Waals surface area contributed by atoms with Crippen LogP contribution in [-0.4, -0.2) is 29.0 Å². The number of hydrogen-bond donors (Lipinski definition) is 1. The monoisotopic (exact) mass is 332 g/mol. The predicted octanol–water partition coefficient (Wildman–Crippen LogP) is 3.08. The lowest BCUT2D eigenvalue weighted by molar-refractivity contribution is -0.111. The van der Waals surface area contributed by atoms with E-state index in [2.05, 4.69) is 17.2 Å². The van der Waals surface area contributed by atoms with Gasteiger partial charge in [-0.2, -0.15) is 0 Å². The fraction of sp³-hybridized carbons (Fsp3) is 0.444. The first-order valence-electron chi connectivity index (χ1n) is 7.73. The van der Waals surface area contributed by atoms with E-state index in [4.69, 9.17) is 4.74 Å².